The largest absolute Gasteiger partial charge is 0.326 e. The van der Waals surface area contributed by atoms with Crippen LogP contribution in [0, 0.1) is 12.7 Å². The van der Waals surface area contributed by atoms with Crippen molar-refractivity contribution in [2.45, 2.75) is 24.1 Å². The molecule has 0 radical (unpaired) electrons. The Morgan fingerprint density at radius 1 is 1.11 bits per heavy atom. The van der Waals surface area contributed by atoms with E-state index in [1.165, 1.54) is 12.1 Å². The molecule has 100 valence electrons. The van der Waals surface area contributed by atoms with E-state index in [2.05, 4.69) is 0 Å². The van der Waals surface area contributed by atoms with Gasteiger partial charge in [-0.2, -0.15) is 0 Å². The minimum absolute atomic E-state index is 0.280. The molecular weight excluding hydrogens is 261 g/mol. The number of nitrogens with two attached hydrogens (primary N) is 1. The highest BCUT2D eigenvalue weighted by Gasteiger charge is 2.07. The van der Waals surface area contributed by atoms with E-state index in [1.807, 2.05) is 31.2 Å². The minimum Gasteiger partial charge on any atom is -0.326 e. The van der Waals surface area contributed by atoms with E-state index in [0.29, 0.717) is 11.3 Å². The molecule has 2 aromatic rings. The molecule has 0 saturated heterocycles. The predicted molar refractivity (Wildman–Crippen MR) is 75.6 cm³/mol. The van der Waals surface area contributed by atoms with Crippen molar-refractivity contribution >= 4 is 10.8 Å². The molecule has 0 fully saturated rings. The lowest BCUT2D eigenvalue weighted by Crippen LogP contribution is -2.01. The molecule has 0 aliphatic heterocycles. The lowest BCUT2D eigenvalue weighted by Gasteiger charge is -2.06. The second-order valence-electron chi connectivity index (χ2n) is 4.47. The Balaban J connectivity index is 2.18. The van der Waals surface area contributed by atoms with Crippen LogP contribution in [0.4, 0.5) is 4.39 Å². The molecule has 4 heteroatoms. The SMILES string of the molecule is Cc1ccc(S(=O)Cc2cc(F)cc(CN)c2)cc1. The monoisotopic (exact) mass is 277 g/mol. The smallest absolute Gasteiger partial charge is 0.123 e. The third-order valence-corrected chi connectivity index (χ3v) is 4.23. The second kappa shape index (κ2) is 6.08. The fourth-order valence-electron chi connectivity index (χ4n) is 1.84. The first kappa shape index (κ1) is 13.9. The third kappa shape index (κ3) is 3.72. The first-order valence-electron chi connectivity index (χ1n) is 6.02. The van der Waals surface area contributed by atoms with Crippen LogP contribution in [-0.2, 0) is 23.1 Å². The van der Waals surface area contributed by atoms with E-state index >= 15 is 0 Å². The molecule has 1 atom stereocenters. The van der Waals surface area contributed by atoms with Crippen LogP contribution in [0.5, 0.6) is 0 Å². The molecule has 1 unspecified atom stereocenters. The highest BCUT2D eigenvalue weighted by atomic mass is 32.2. The van der Waals surface area contributed by atoms with Crippen molar-refractivity contribution in [1.29, 1.82) is 0 Å². The molecule has 2 N–H and O–H groups in total. The first-order chi connectivity index (χ1) is 9.08. The number of halogens is 1. The maximum absolute atomic E-state index is 13.4. The zero-order valence-corrected chi connectivity index (χ0v) is 11.5. The summed E-state index contributed by atoms with van der Waals surface area (Å²) in [4.78, 5) is 0.754. The standard InChI is InChI=1S/C15H16FNOS/c1-11-2-4-15(5-3-11)19(18)10-13-6-12(9-17)7-14(16)8-13/h2-8H,9-10,17H2,1H3. The van der Waals surface area contributed by atoms with Crippen molar-refractivity contribution in [2.24, 2.45) is 5.73 Å². The molecule has 0 amide bonds. The Kier molecular flexibility index (Phi) is 4.45. The number of hydrogen-bond acceptors (Lipinski definition) is 2. The van der Waals surface area contributed by atoms with E-state index < -0.39 is 10.8 Å². The fourth-order valence-corrected chi connectivity index (χ4v) is 2.92. The van der Waals surface area contributed by atoms with Crippen molar-refractivity contribution in [3.63, 3.8) is 0 Å². The third-order valence-electron chi connectivity index (χ3n) is 2.83. The topological polar surface area (TPSA) is 43.1 Å². The van der Waals surface area contributed by atoms with Crippen LogP contribution in [0.2, 0.25) is 0 Å². The molecule has 0 spiro atoms. The normalized spacial score (nSPS) is 12.4. The Hall–Kier alpha value is -1.52. The van der Waals surface area contributed by atoms with Gasteiger partial charge in [0.1, 0.15) is 5.82 Å². The van der Waals surface area contributed by atoms with Gasteiger partial charge in [0.25, 0.3) is 0 Å². The van der Waals surface area contributed by atoms with E-state index in [4.69, 9.17) is 5.73 Å². The van der Waals surface area contributed by atoms with Crippen molar-refractivity contribution in [3.8, 4) is 0 Å². The van der Waals surface area contributed by atoms with Crippen molar-refractivity contribution in [3.05, 3.63) is 65.0 Å². The van der Waals surface area contributed by atoms with E-state index in [9.17, 15) is 8.60 Å². The van der Waals surface area contributed by atoms with Gasteiger partial charge in [-0.15, -0.1) is 0 Å². The molecule has 0 aliphatic carbocycles. The van der Waals surface area contributed by atoms with Crippen LogP contribution >= 0.6 is 0 Å². The Bertz CT molecular complexity index is 596. The first-order valence-corrected chi connectivity index (χ1v) is 7.34. The van der Waals surface area contributed by atoms with Gasteiger partial charge in [0.2, 0.25) is 0 Å². The molecule has 0 bridgehead atoms. The lowest BCUT2D eigenvalue weighted by atomic mass is 10.1. The number of aryl methyl sites for hydroxylation is 1. The highest BCUT2D eigenvalue weighted by Crippen LogP contribution is 2.16. The summed E-state index contributed by atoms with van der Waals surface area (Å²) < 4.78 is 25.6. The summed E-state index contributed by atoms with van der Waals surface area (Å²) in [6, 6.07) is 12.1. The maximum Gasteiger partial charge on any atom is 0.123 e. The van der Waals surface area contributed by atoms with Gasteiger partial charge in [-0.1, -0.05) is 23.8 Å². The van der Waals surface area contributed by atoms with Crippen LogP contribution in [-0.4, -0.2) is 4.21 Å². The fraction of sp³-hybridized carbons (Fsp3) is 0.200. The summed E-state index contributed by atoms with van der Waals surface area (Å²) in [6.45, 7) is 2.26. The number of rotatable bonds is 4. The molecule has 2 nitrogen and oxygen atoms in total. The summed E-state index contributed by atoms with van der Waals surface area (Å²) >= 11 is 0. The van der Waals surface area contributed by atoms with Gasteiger partial charge in [0.15, 0.2) is 0 Å². The van der Waals surface area contributed by atoms with Crippen LogP contribution in [0.25, 0.3) is 0 Å². The lowest BCUT2D eigenvalue weighted by molar-refractivity contribution is 0.623. The summed E-state index contributed by atoms with van der Waals surface area (Å²) in [7, 11) is -1.17. The molecule has 2 aromatic carbocycles. The molecule has 2 rings (SSSR count). The van der Waals surface area contributed by atoms with Gasteiger partial charge in [-0.3, -0.25) is 4.21 Å². The van der Waals surface area contributed by atoms with Crippen LogP contribution in [0.3, 0.4) is 0 Å². The molecule has 0 saturated carbocycles. The maximum atomic E-state index is 13.4. The Morgan fingerprint density at radius 2 is 1.74 bits per heavy atom. The molecular formula is C15H16FNOS. The molecule has 0 heterocycles. The Labute approximate surface area is 114 Å². The second-order valence-corrected chi connectivity index (χ2v) is 5.93. The van der Waals surface area contributed by atoms with Gasteiger partial charge < -0.3 is 5.73 Å². The summed E-state index contributed by atoms with van der Waals surface area (Å²) in [6.07, 6.45) is 0. The molecule has 0 aromatic heterocycles. The zero-order valence-electron chi connectivity index (χ0n) is 10.7. The van der Waals surface area contributed by atoms with E-state index in [0.717, 1.165) is 16.0 Å². The van der Waals surface area contributed by atoms with Crippen molar-refractivity contribution in [2.75, 3.05) is 0 Å². The van der Waals surface area contributed by atoms with Crippen LogP contribution in [0.15, 0.2) is 47.4 Å². The summed E-state index contributed by atoms with van der Waals surface area (Å²) in [5.74, 6) is -0.0350. The highest BCUT2D eigenvalue weighted by molar-refractivity contribution is 7.84. The van der Waals surface area contributed by atoms with Gasteiger partial charge in [-0.05, 0) is 42.3 Å². The summed E-state index contributed by atoms with van der Waals surface area (Å²) in [5, 5.41) is 0. The van der Waals surface area contributed by atoms with Crippen molar-refractivity contribution < 1.29 is 8.60 Å². The summed E-state index contributed by atoms with van der Waals surface area (Å²) in [5.41, 5.74) is 8.05. The quantitative estimate of drug-likeness (QED) is 0.933. The average Bonchev–Trinajstić information content (AvgIpc) is 2.38. The number of hydrogen-bond donors (Lipinski definition) is 1. The number of benzene rings is 2. The van der Waals surface area contributed by atoms with Gasteiger partial charge in [0.05, 0.1) is 16.6 Å². The average molecular weight is 277 g/mol. The van der Waals surface area contributed by atoms with Crippen LogP contribution < -0.4 is 5.73 Å². The van der Waals surface area contributed by atoms with E-state index in [-0.39, 0.29) is 12.4 Å². The predicted octanol–water partition coefficient (Wildman–Crippen LogP) is 2.90. The zero-order chi connectivity index (χ0) is 13.8. The minimum atomic E-state index is -1.17. The molecule has 19 heavy (non-hydrogen) atoms. The van der Waals surface area contributed by atoms with Gasteiger partial charge >= 0.3 is 0 Å². The van der Waals surface area contributed by atoms with Crippen LogP contribution in [0.1, 0.15) is 16.7 Å². The van der Waals surface area contributed by atoms with Gasteiger partial charge in [0, 0.05) is 11.4 Å². The Morgan fingerprint density at radius 3 is 2.37 bits per heavy atom. The van der Waals surface area contributed by atoms with Gasteiger partial charge in [-0.25, -0.2) is 4.39 Å². The van der Waals surface area contributed by atoms with Crippen molar-refractivity contribution in [1.82, 2.24) is 0 Å². The van der Waals surface area contributed by atoms with E-state index in [1.54, 1.807) is 6.07 Å². The molecule has 0 aliphatic rings.